The second-order valence-electron chi connectivity index (χ2n) is 8.79. The Labute approximate surface area is 161 Å². The molecule has 0 spiro atoms. The molecular weight excluding hydrogens is 320 g/mol. The Morgan fingerprint density at radius 3 is 2.08 bits per heavy atom. The highest BCUT2D eigenvalue weighted by atomic mass is 16.2. The van der Waals surface area contributed by atoms with E-state index in [9.17, 15) is 9.59 Å². The number of hydrogen-bond acceptors (Lipinski definition) is 2. The van der Waals surface area contributed by atoms with Crippen LogP contribution < -0.4 is 0 Å². The van der Waals surface area contributed by atoms with E-state index in [4.69, 9.17) is 0 Å². The first kappa shape index (κ1) is 22.9. The maximum Gasteiger partial charge on any atom is 0.224 e. The second-order valence-corrected chi connectivity index (χ2v) is 8.79. The summed E-state index contributed by atoms with van der Waals surface area (Å²) in [7, 11) is 0. The van der Waals surface area contributed by atoms with Crippen LogP contribution in [0, 0.1) is 11.3 Å². The van der Waals surface area contributed by atoms with Crippen LogP contribution in [0.5, 0.6) is 0 Å². The van der Waals surface area contributed by atoms with Crippen molar-refractivity contribution >= 4 is 11.6 Å². The number of Topliss-reactive ketones (excluding diaryl/α,β-unsaturated/α-hetero) is 2. The van der Waals surface area contributed by atoms with E-state index in [2.05, 4.69) is 34.3 Å². The lowest BCUT2D eigenvalue weighted by molar-refractivity contribution is -0.140. The molecule has 1 unspecified atom stereocenters. The number of carbonyl (C=O) groups excluding carboxylic acids is 2. The van der Waals surface area contributed by atoms with Crippen molar-refractivity contribution in [1.82, 2.24) is 0 Å². The van der Waals surface area contributed by atoms with Gasteiger partial charge < -0.3 is 0 Å². The van der Waals surface area contributed by atoms with Crippen LogP contribution in [0.2, 0.25) is 0 Å². The summed E-state index contributed by atoms with van der Waals surface area (Å²) in [6.45, 7) is 14.5. The van der Waals surface area contributed by atoms with Crippen molar-refractivity contribution in [2.24, 2.45) is 11.3 Å². The molecule has 2 nitrogen and oxygen atoms in total. The van der Waals surface area contributed by atoms with Gasteiger partial charge in [-0.25, -0.2) is 0 Å². The minimum absolute atomic E-state index is 0.170. The summed E-state index contributed by atoms with van der Waals surface area (Å²) >= 11 is 0. The molecular formula is C24H40O2. The minimum atomic E-state index is -0.226. The van der Waals surface area contributed by atoms with Gasteiger partial charge in [-0.15, -0.1) is 6.58 Å². The standard InChI is InChI=1S/C24H40O2/c1-7-8-9-10-11-12-13-14-15-20-19(4)24(5,6)21(17-16-18(2)3)23(26)22(20)25/h21H,2,7-17H2,1,3-6H3. The van der Waals surface area contributed by atoms with E-state index < -0.39 is 0 Å². The highest BCUT2D eigenvalue weighted by molar-refractivity contribution is 6.45. The molecule has 0 heterocycles. The third kappa shape index (κ3) is 6.21. The fraction of sp³-hybridized carbons (Fsp3) is 0.750. The Hall–Kier alpha value is -1.18. The summed E-state index contributed by atoms with van der Waals surface area (Å²) in [5.74, 6) is -0.582. The molecule has 1 atom stereocenters. The lowest BCUT2D eigenvalue weighted by Gasteiger charge is -2.39. The molecule has 0 saturated carbocycles. The molecule has 0 aromatic heterocycles. The monoisotopic (exact) mass is 360 g/mol. The molecule has 0 aromatic carbocycles. The molecule has 0 N–H and O–H groups in total. The van der Waals surface area contributed by atoms with E-state index in [0.717, 1.165) is 48.8 Å². The Morgan fingerprint density at radius 1 is 1.00 bits per heavy atom. The molecule has 148 valence electrons. The van der Waals surface area contributed by atoms with Crippen LogP contribution in [0.15, 0.2) is 23.3 Å². The highest BCUT2D eigenvalue weighted by Gasteiger charge is 2.45. The molecule has 0 bridgehead atoms. The SMILES string of the molecule is C=C(C)CCC1C(=O)C(=O)C(CCCCCCCCCC)=C(C)C1(C)C. The van der Waals surface area contributed by atoms with Crippen LogP contribution >= 0.6 is 0 Å². The molecule has 0 radical (unpaired) electrons. The fourth-order valence-electron chi connectivity index (χ4n) is 4.07. The first-order valence-electron chi connectivity index (χ1n) is 10.7. The molecule has 0 aliphatic heterocycles. The topological polar surface area (TPSA) is 34.1 Å². The average Bonchev–Trinajstić information content (AvgIpc) is 2.58. The molecule has 0 aromatic rings. The van der Waals surface area contributed by atoms with Crippen molar-refractivity contribution in [3.05, 3.63) is 23.3 Å². The van der Waals surface area contributed by atoms with Gasteiger partial charge in [-0.2, -0.15) is 0 Å². The van der Waals surface area contributed by atoms with Gasteiger partial charge in [0, 0.05) is 11.5 Å². The van der Waals surface area contributed by atoms with E-state index in [0.29, 0.717) is 0 Å². The minimum Gasteiger partial charge on any atom is -0.290 e. The van der Waals surface area contributed by atoms with Crippen molar-refractivity contribution in [2.75, 3.05) is 0 Å². The van der Waals surface area contributed by atoms with Gasteiger partial charge in [0.2, 0.25) is 11.6 Å². The fourth-order valence-corrected chi connectivity index (χ4v) is 4.07. The molecule has 26 heavy (non-hydrogen) atoms. The van der Waals surface area contributed by atoms with Gasteiger partial charge in [0.15, 0.2) is 0 Å². The summed E-state index contributed by atoms with van der Waals surface area (Å²) in [4.78, 5) is 25.4. The highest BCUT2D eigenvalue weighted by Crippen LogP contribution is 2.45. The van der Waals surface area contributed by atoms with Crippen molar-refractivity contribution < 1.29 is 9.59 Å². The van der Waals surface area contributed by atoms with Crippen molar-refractivity contribution in [3.8, 4) is 0 Å². The maximum absolute atomic E-state index is 12.7. The van der Waals surface area contributed by atoms with Crippen LogP contribution in [0.4, 0.5) is 0 Å². The van der Waals surface area contributed by atoms with Crippen molar-refractivity contribution in [3.63, 3.8) is 0 Å². The van der Waals surface area contributed by atoms with Gasteiger partial charge >= 0.3 is 0 Å². The van der Waals surface area contributed by atoms with Crippen molar-refractivity contribution in [2.45, 2.75) is 105 Å². The molecule has 0 fully saturated rings. The zero-order valence-corrected chi connectivity index (χ0v) is 17.9. The lowest BCUT2D eigenvalue weighted by Crippen LogP contribution is -2.42. The molecule has 1 rings (SSSR count). The zero-order chi connectivity index (χ0) is 19.7. The third-order valence-electron chi connectivity index (χ3n) is 6.24. The van der Waals surface area contributed by atoms with Crippen LogP contribution in [-0.4, -0.2) is 11.6 Å². The molecule has 0 saturated heterocycles. The molecule has 2 heteroatoms. The van der Waals surface area contributed by atoms with Gasteiger partial charge in [-0.05, 0) is 44.9 Å². The number of rotatable bonds is 12. The smallest absolute Gasteiger partial charge is 0.224 e. The average molecular weight is 361 g/mol. The van der Waals surface area contributed by atoms with E-state index in [-0.39, 0.29) is 22.9 Å². The van der Waals surface area contributed by atoms with Gasteiger partial charge in [0.05, 0.1) is 0 Å². The van der Waals surface area contributed by atoms with Gasteiger partial charge in [-0.1, -0.05) is 76.9 Å². The van der Waals surface area contributed by atoms with Crippen LogP contribution in [0.1, 0.15) is 105 Å². The Bertz CT molecular complexity index is 536. The van der Waals surface area contributed by atoms with Crippen LogP contribution in [0.3, 0.4) is 0 Å². The number of unbranched alkanes of at least 4 members (excludes halogenated alkanes) is 7. The zero-order valence-electron chi connectivity index (χ0n) is 17.9. The summed E-state index contributed by atoms with van der Waals surface area (Å²) in [6, 6.07) is 0. The van der Waals surface area contributed by atoms with E-state index >= 15 is 0 Å². The number of hydrogen-bond donors (Lipinski definition) is 0. The van der Waals surface area contributed by atoms with Crippen molar-refractivity contribution in [1.29, 1.82) is 0 Å². The predicted octanol–water partition coefficient (Wildman–Crippen LogP) is 6.98. The van der Waals surface area contributed by atoms with Gasteiger partial charge in [0.1, 0.15) is 0 Å². The van der Waals surface area contributed by atoms with Gasteiger partial charge in [0.25, 0.3) is 0 Å². The van der Waals surface area contributed by atoms with E-state index in [1.807, 2.05) is 6.92 Å². The summed E-state index contributed by atoms with van der Waals surface area (Å²) in [5, 5.41) is 0. The summed E-state index contributed by atoms with van der Waals surface area (Å²) in [6.07, 6.45) is 12.3. The maximum atomic E-state index is 12.7. The van der Waals surface area contributed by atoms with Crippen LogP contribution in [-0.2, 0) is 9.59 Å². The molecule has 0 amide bonds. The Morgan fingerprint density at radius 2 is 1.54 bits per heavy atom. The number of ketones is 2. The summed E-state index contributed by atoms with van der Waals surface area (Å²) in [5.41, 5.74) is 2.79. The van der Waals surface area contributed by atoms with E-state index in [1.54, 1.807) is 0 Å². The van der Waals surface area contributed by atoms with Crippen LogP contribution in [0.25, 0.3) is 0 Å². The Balaban J connectivity index is 2.62. The predicted molar refractivity (Wildman–Crippen MR) is 111 cm³/mol. The lowest BCUT2D eigenvalue weighted by atomic mass is 9.62. The first-order valence-corrected chi connectivity index (χ1v) is 10.7. The summed E-state index contributed by atoms with van der Waals surface area (Å²) < 4.78 is 0. The third-order valence-corrected chi connectivity index (χ3v) is 6.24. The number of allylic oxidation sites excluding steroid dienone is 3. The quantitative estimate of drug-likeness (QED) is 0.214. The van der Waals surface area contributed by atoms with Gasteiger partial charge in [-0.3, -0.25) is 9.59 Å². The first-order chi connectivity index (χ1) is 12.2. The normalized spacial score (nSPS) is 20.0. The second kappa shape index (κ2) is 10.8. The number of carbonyl (C=O) groups is 2. The Kier molecular flexibility index (Phi) is 9.54. The molecule has 1 aliphatic carbocycles. The van der Waals surface area contributed by atoms with E-state index in [1.165, 1.54) is 38.5 Å². The largest absolute Gasteiger partial charge is 0.290 e. The molecule has 1 aliphatic rings.